The van der Waals surface area contributed by atoms with E-state index in [0.29, 0.717) is 17.2 Å². The molecule has 0 heterocycles. The molecule has 2 aromatic carbocycles. The number of nitrogens with one attached hydrogen (secondary N) is 1. The van der Waals surface area contributed by atoms with Crippen LogP contribution in [0.4, 0.5) is 11.4 Å². The summed E-state index contributed by atoms with van der Waals surface area (Å²) in [6, 6.07) is 13.3. The maximum absolute atomic E-state index is 12.3. The van der Waals surface area contributed by atoms with Crippen LogP contribution in [0.5, 0.6) is 0 Å². The van der Waals surface area contributed by atoms with Gasteiger partial charge < -0.3 is 11.1 Å². The van der Waals surface area contributed by atoms with Crippen LogP contribution in [0, 0.1) is 6.92 Å². The SMILES string of the molecule is Cc1c(N)cccc1C(=O)Nc1cccc(C(C)C)c1. The monoisotopic (exact) mass is 268 g/mol. The quantitative estimate of drug-likeness (QED) is 0.828. The first-order valence-corrected chi connectivity index (χ1v) is 6.75. The van der Waals surface area contributed by atoms with Gasteiger partial charge in [0.05, 0.1) is 0 Å². The first kappa shape index (κ1) is 14.1. The summed E-state index contributed by atoms with van der Waals surface area (Å²) in [5.74, 6) is 0.302. The van der Waals surface area contributed by atoms with E-state index >= 15 is 0 Å². The van der Waals surface area contributed by atoms with E-state index < -0.39 is 0 Å². The highest BCUT2D eigenvalue weighted by atomic mass is 16.1. The van der Waals surface area contributed by atoms with E-state index in [0.717, 1.165) is 11.3 Å². The molecule has 2 aromatic rings. The van der Waals surface area contributed by atoms with E-state index in [9.17, 15) is 4.79 Å². The summed E-state index contributed by atoms with van der Waals surface area (Å²) in [6.45, 7) is 6.11. The minimum atomic E-state index is -0.129. The first-order chi connectivity index (χ1) is 9.49. The van der Waals surface area contributed by atoms with Crippen LogP contribution < -0.4 is 11.1 Å². The third-order valence-corrected chi connectivity index (χ3v) is 3.43. The zero-order valence-corrected chi connectivity index (χ0v) is 12.1. The zero-order chi connectivity index (χ0) is 14.7. The molecular formula is C17H20N2O. The van der Waals surface area contributed by atoms with Crippen molar-refractivity contribution in [2.24, 2.45) is 0 Å². The predicted octanol–water partition coefficient (Wildman–Crippen LogP) is 3.95. The molecule has 0 fully saturated rings. The van der Waals surface area contributed by atoms with E-state index in [2.05, 4.69) is 25.2 Å². The highest BCUT2D eigenvalue weighted by Gasteiger charge is 2.11. The molecule has 0 atom stereocenters. The normalized spacial score (nSPS) is 10.6. The molecule has 0 radical (unpaired) electrons. The Hall–Kier alpha value is -2.29. The molecule has 0 bridgehead atoms. The molecule has 1 amide bonds. The topological polar surface area (TPSA) is 55.1 Å². The average molecular weight is 268 g/mol. The van der Waals surface area contributed by atoms with Gasteiger partial charge in [0.25, 0.3) is 5.91 Å². The minimum Gasteiger partial charge on any atom is -0.398 e. The number of anilines is 2. The lowest BCUT2D eigenvalue weighted by atomic mass is 10.0. The predicted molar refractivity (Wildman–Crippen MR) is 84.1 cm³/mol. The van der Waals surface area contributed by atoms with Gasteiger partial charge in [0.1, 0.15) is 0 Å². The summed E-state index contributed by atoms with van der Waals surface area (Å²) in [4.78, 5) is 12.3. The Labute approximate surface area is 119 Å². The first-order valence-electron chi connectivity index (χ1n) is 6.75. The molecule has 0 saturated carbocycles. The second kappa shape index (κ2) is 5.78. The molecule has 0 spiro atoms. The highest BCUT2D eigenvalue weighted by molar-refractivity contribution is 6.06. The Morgan fingerprint density at radius 1 is 1.15 bits per heavy atom. The molecular weight excluding hydrogens is 248 g/mol. The number of benzene rings is 2. The summed E-state index contributed by atoms with van der Waals surface area (Å²) in [7, 11) is 0. The smallest absolute Gasteiger partial charge is 0.256 e. The number of carbonyl (C=O) groups is 1. The molecule has 0 unspecified atom stereocenters. The Bertz CT molecular complexity index is 633. The number of hydrogen-bond donors (Lipinski definition) is 2. The van der Waals surface area contributed by atoms with Gasteiger partial charge in [-0.05, 0) is 48.2 Å². The van der Waals surface area contributed by atoms with Crippen LogP contribution in [0.2, 0.25) is 0 Å². The van der Waals surface area contributed by atoms with Crippen molar-refractivity contribution in [3.8, 4) is 0 Å². The average Bonchev–Trinajstić information content (AvgIpc) is 2.42. The maximum Gasteiger partial charge on any atom is 0.256 e. The molecule has 20 heavy (non-hydrogen) atoms. The largest absolute Gasteiger partial charge is 0.398 e. The fourth-order valence-electron chi connectivity index (χ4n) is 2.07. The van der Waals surface area contributed by atoms with Gasteiger partial charge >= 0.3 is 0 Å². The summed E-state index contributed by atoms with van der Waals surface area (Å²) in [6.07, 6.45) is 0. The summed E-state index contributed by atoms with van der Waals surface area (Å²) >= 11 is 0. The number of rotatable bonds is 3. The van der Waals surface area contributed by atoms with Gasteiger partial charge in [0.15, 0.2) is 0 Å². The summed E-state index contributed by atoms with van der Waals surface area (Å²) < 4.78 is 0. The lowest BCUT2D eigenvalue weighted by Gasteiger charge is -2.11. The van der Waals surface area contributed by atoms with Crippen molar-refractivity contribution >= 4 is 17.3 Å². The van der Waals surface area contributed by atoms with Gasteiger partial charge in [-0.25, -0.2) is 0 Å². The summed E-state index contributed by atoms with van der Waals surface area (Å²) in [5.41, 5.74) is 9.90. The van der Waals surface area contributed by atoms with E-state index in [1.165, 1.54) is 5.56 Å². The van der Waals surface area contributed by atoms with E-state index in [1.54, 1.807) is 18.2 Å². The second-order valence-corrected chi connectivity index (χ2v) is 5.25. The molecule has 104 valence electrons. The molecule has 0 aromatic heterocycles. The Kier molecular flexibility index (Phi) is 4.08. The van der Waals surface area contributed by atoms with Crippen molar-refractivity contribution < 1.29 is 4.79 Å². The van der Waals surface area contributed by atoms with E-state index in [1.807, 2.05) is 25.1 Å². The number of hydrogen-bond acceptors (Lipinski definition) is 2. The van der Waals surface area contributed by atoms with Crippen molar-refractivity contribution in [1.82, 2.24) is 0 Å². The number of carbonyl (C=O) groups excluding carboxylic acids is 1. The van der Waals surface area contributed by atoms with Crippen LogP contribution in [-0.2, 0) is 0 Å². The lowest BCUT2D eigenvalue weighted by molar-refractivity contribution is 0.102. The Morgan fingerprint density at radius 2 is 1.85 bits per heavy atom. The van der Waals surface area contributed by atoms with Crippen molar-refractivity contribution in [3.05, 3.63) is 59.2 Å². The van der Waals surface area contributed by atoms with Gasteiger partial charge in [-0.2, -0.15) is 0 Å². The van der Waals surface area contributed by atoms with Crippen molar-refractivity contribution in [2.75, 3.05) is 11.1 Å². The molecule has 0 aliphatic heterocycles. The molecule has 3 nitrogen and oxygen atoms in total. The summed E-state index contributed by atoms with van der Waals surface area (Å²) in [5, 5.41) is 2.93. The Balaban J connectivity index is 2.24. The Morgan fingerprint density at radius 3 is 2.55 bits per heavy atom. The molecule has 0 aliphatic carbocycles. The van der Waals surface area contributed by atoms with Crippen molar-refractivity contribution in [3.63, 3.8) is 0 Å². The van der Waals surface area contributed by atoms with Crippen molar-refractivity contribution in [1.29, 1.82) is 0 Å². The maximum atomic E-state index is 12.3. The van der Waals surface area contributed by atoms with Gasteiger partial charge in [-0.15, -0.1) is 0 Å². The van der Waals surface area contributed by atoms with Gasteiger partial charge in [-0.1, -0.05) is 32.0 Å². The standard InChI is InChI=1S/C17H20N2O/c1-11(2)13-6-4-7-14(10-13)19-17(20)15-8-5-9-16(18)12(15)3/h4-11H,18H2,1-3H3,(H,19,20). The fourth-order valence-corrected chi connectivity index (χ4v) is 2.07. The van der Waals surface area contributed by atoms with Crippen LogP contribution in [0.1, 0.15) is 41.3 Å². The third-order valence-electron chi connectivity index (χ3n) is 3.43. The molecule has 3 heteroatoms. The van der Waals surface area contributed by atoms with Crippen LogP contribution >= 0.6 is 0 Å². The second-order valence-electron chi connectivity index (χ2n) is 5.25. The van der Waals surface area contributed by atoms with Crippen LogP contribution in [0.3, 0.4) is 0 Å². The minimum absolute atomic E-state index is 0.129. The molecule has 2 rings (SSSR count). The molecule has 0 saturated heterocycles. The van der Waals surface area contributed by atoms with Gasteiger partial charge in [0, 0.05) is 16.9 Å². The van der Waals surface area contributed by atoms with E-state index in [4.69, 9.17) is 5.73 Å². The number of nitrogen functional groups attached to an aromatic ring is 1. The highest BCUT2D eigenvalue weighted by Crippen LogP contribution is 2.20. The fraction of sp³-hybridized carbons (Fsp3) is 0.235. The van der Waals surface area contributed by atoms with Crippen LogP contribution in [0.15, 0.2) is 42.5 Å². The zero-order valence-electron chi connectivity index (χ0n) is 12.1. The van der Waals surface area contributed by atoms with E-state index in [-0.39, 0.29) is 5.91 Å². The number of nitrogens with two attached hydrogens (primary N) is 1. The third kappa shape index (κ3) is 2.99. The molecule has 3 N–H and O–H groups in total. The van der Waals surface area contributed by atoms with Crippen molar-refractivity contribution in [2.45, 2.75) is 26.7 Å². The number of amides is 1. The lowest BCUT2D eigenvalue weighted by Crippen LogP contribution is -2.14. The van der Waals surface area contributed by atoms with Crippen LogP contribution in [0.25, 0.3) is 0 Å². The van der Waals surface area contributed by atoms with Crippen LogP contribution in [-0.4, -0.2) is 5.91 Å². The van der Waals surface area contributed by atoms with Gasteiger partial charge in [-0.3, -0.25) is 4.79 Å². The molecule has 0 aliphatic rings. The van der Waals surface area contributed by atoms with Gasteiger partial charge in [0.2, 0.25) is 0 Å².